The van der Waals surface area contributed by atoms with Gasteiger partial charge in [0.25, 0.3) is 5.91 Å². The molecule has 0 bridgehead atoms. The number of fused-ring (bicyclic) bond motifs is 1. The normalized spacial score (nSPS) is 23.0. The van der Waals surface area contributed by atoms with Crippen molar-refractivity contribution in [3.05, 3.63) is 48.3 Å². The molecule has 2 saturated heterocycles. The zero-order valence-electron chi connectivity index (χ0n) is 13.8. The highest BCUT2D eigenvalue weighted by Gasteiger charge is 2.37. The lowest BCUT2D eigenvalue weighted by atomic mass is 10.0. The number of nitrogens with one attached hydrogen (secondary N) is 1. The average molecular weight is 340 g/mol. The van der Waals surface area contributed by atoms with Gasteiger partial charge < -0.3 is 19.7 Å². The fourth-order valence-corrected chi connectivity index (χ4v) is 3.33. The van der Waals surface area contributed by atoms with E-state index >= 15 is 0 Å². The molecule has 2 fully saturated rings. The Kier molecular flexibility index (Phi) is 4.58. The second-order valence-electron chi connectivity index (χ2n) is 6.12. The van der Waals surface area contributed by atoms with Crippen molar-refractivity contribution in [2.75, 3.05) is 31.7 Å². The molecule has 7 nitrogen and oxygen atoms in total. The molecule has 130 valence electrons. The van der Waals surface area contributed by atoms with Gasteiger partial charge in [-0.15, -0.1) is 0 Å². The first kappa shape index (κ1) is 16.0. The van der Waals surface area contributed by atoms with Gasteiger partial charge in [0.2, 0.25) is 5.95 Å². The second kappa shape index (κ2) is 7.16. The van der Waals surface area contributed by atoms with Gasteiger partial charge in [0.15, 0.2) is 0 Å². The number of hydrogen-bond donors (Lipinski definition) is 1. The Labute approximate surface area is 146 Å². The molecule has 25 heavy (non-hydrogen) atoms. The van der Waals surface area contributed by atoms with Gasteiger partial charge in [-0.2, -0.15) is 0 Å². The molecule has 0 radical (unpaired) electrons. The van der Waals surface area contributed by atoms with Crippen LogP contribution in [0.25, 0.3) is 0 Å². The number of ether oxygens (including phenoxy) is 2. The summed E-state index contributed by atoms with van der Waals surface area (Å²) in [6.45, 7) is 2.38. The molecule has 2 aromatic rings. The standard InChI is InChI=1S/C18H20N4O3/c23-17(22-8-10-25-16-12-24-9-5-15(16)22)13-3-1-4-14(11-13)21-18-19-6-2-7-20-18/h1-4,6-7,11,15-16H,5,8-10,12H2,(H,19,20,21)/t15-,16+/m0/s1. The van der Waals surface area contributed by atoms with Crippen molar-refractivity contribution in [1.82, 2.24) is 14.9 Å². The number of hydrogen-bond acceptors (Lipinski definition) is 6. The minimum Gasteiger partial charge on any atom is -0.379 e. The van der Waals surface area contributed by atoms with Gasteiger partial charge in [0.1, 0.15) is 6.10 Å². The molecular weight excluding hydrogens is 320 g/mol. The van der Waals surface area contributed by atoms with E-state index in [0.717, 1.165) is 12.1 Å². The number of aromatic nitrogens is 2. The first-order chi connectivity index (χ1) is 12.3. The third-order valence-electron chi connectivity index (χ3n) is 4.53. The molecule has 7 heteroatoms. The van der Waals surface area contributed by atoms with E-state index in [2.05, 4.69) is 15.3 Å². The SMILES string of the molecule is O=C(c1cccc(Nc2ncccn2)c1)N1CCO[C@@H]2COCC[C@@H]21. The lowest BCUT2D eigenvalue weighted by Crippen LogP contribution is -2.57. The van der Waals surface area contributed by atoms with E-state index in [1.807, 2.05) is 29.2 Å². The van der Waals surface area contributed by atoms with E-state index < -0.39 is 0 Å². The maximum Gasteiger partial charge on any atom is 0.254 e. The summed E-state index contributed by atoms with van der Waals surface area (Å²) < 4.78 is 11.2. The van der Waals surface area contributed by atoms with Gasteiger partial charge in [0, 0.05) is 36.8 Å². The predicted molar refractivity (Wildman–Crippen MR) is 91.8 cm³/mol. The monoisotopic (exact) mass is 340 g/mol. The number of carbonyl (C=O) groups is 1. The highest BCUT2D eigenvalue weighted by atomic mass is 16.5. The summed E-state index contributed by atoms with van der Waals surface area (Å²) in [6, 6.07) is 9.27. The number of nitrogens with zero attached hydrogens (tertiary/aromatic N) is 3. The number of morpholine rings is 1. The Morgan fingerprint density at radius 3 is 2.96 bits per heavy atom. The Morgan fingerprint density at radius 1 is 1.20 bits per heavy atom. The van der Waals surface area contributed by atoms with Crippen molar-refractivity contribution in [2.45, 2.75) is 18.6 Å². The highest BCUT2D eigenvalue weighted by molar-refractivity contribution is 5.95. The Balaban J connectivity index is 1.52. The Hall–Kier alpha value is -2.51. The fourth-order valence-electron chi connectivity index (χ4n) is 3.33. The van der Waals surface area contributed by atoms with E-state index in [-0.39, 0.29) is 18.1 Å². The quantitative estimate of drug-likeness (QED) is 0.919. The van der Waals surface area contributed by atoms with Crippen molar-refractivity contribution >= 4 is 17.5 Å². The largest absolute Gasteiger partial charge is 0.379 e. The van der Waals surface area contributed by atoms with Gasteiger partial charge >= 0.3 is 0 Å². The third-order valence-corrected chi connectivity index (χ3v) is 4.53. The van der Waals surface area contributed by atoms with Crippen LogP contribution in [0.4, 0.5) is 11.6 Å². The van der Waals surface area contributed by atoms with E-state index in [0.29, 0.717) is 37.9 Å². The first-order valence-corrected chi connectivity index (χ1v) is 8.46. The molecule has 0 saturated carbocycles. The van der Waals surface area contributed by atoms with Crippen LogP contribution in [-0.4, -0.2) is 59.3 Å². The molecule has 2 aliphatic rings. The first-order valence-electron chi connectivity index (χ1n) is 8.46. The number of rotatable bonds is 3. The van der Waals surface area contributed by atoms with Crippen LogP contribution in [0.1, 0.15) is 16.8 Å². The van der Waals surface area contributed by atoms with E-state index in [1.54, 1.807) is 18.5 Å². The molecule has 1 aromatic heterocycles. The predicted octanol–water partition coefficient (Wildman–Crippen LogP) is 1.85. The van der Waals surface area contributed by atoms with Crippen molar-refractivity contribution in [3.8, 4) is 0 Å². The van der Waals surface area contributed by atoms with Gasteiger partial charge in [0.05, 0.1) is 19.3 Å². The molecule has 1 N–H and O–H groups in total. The molecule has 2 aliphatic heterocycles. The van der Waals surface area contributed by atoms with Gasteiger partial charge in [-0.05, 0) is 30.7 Å². The summed E-state index contributed by atoms with van der Waals surface area (Å²) in [5.74, 6) is 0.529. The molecule has 0 spiro atoms. The summed E-state index contributed by atoms with van der Waals surface area (Å²) in [6.07, 6.45) is 4.13. The minimum absolute atomic E-state index is 0.0227. The van der Waals surface area contributed by atoms with Crippen molar-refractivity contribution in [3.63, 3.8) is 0 Å². The summed E-state index contributed by atoms with van der Waals surface area (Å²) in [4.78, 5) is 23.2. The number of amides is 1. The van der Waals surface area contributed by atoms with Crippen LogP contribution in [0.2, 0.25) is 0 Å². The van der Waals surface area contributed by atoms with Crippen molar-refractivity contribution < 1.29 is 14.3 Å². The van der Waals surface area contributed by atoms with E-state index in [1.165, 1.54) is 0 Å². The van der Waals surface area contributed by atoms with Crippen LogP contribution in [-0.2, 0) is 9.47 Å². The molecule has 3 heterocycles. The van der Waals surface area contributed by atoms with E-state index in [9.17, 15) is 4.79 Å². The number of anilines is 2. The summed E-state index contributed by atoms with van der Waals surface area (Å²) in [5, 5.41) is 3.12. The lowest BCUT2D eigenvalue weighted by Gasteiger charge is -2.43. The van der Waals surface area contributed by atoms with Gasteiger partial charge in [-0.3, -0.25) is 4.79 Å². The van der Waals surface area contributed by atoms with Crippen LogP contribution < -0.4 is 5.32 Å². The van der Waals surface area contributed by atoms with Crippen LogP contribution in [0, 0.1) is 0 Å². The van der Waals surface area contributed by atoms with E-state index in [4.69, 9.17) is 9.47 Å². The number of carbonyl (C=O) groups excluding carboxylic acids is 1. The molecule has 0 unspecified atom stereocenters. The maximum atomic E-state index is 13.0. The Morgan fingerprint density at radius 2 is 2.08 bits per heavy atom. The molecule has 2 atom stereocenters. The summed E-state index contributed by atoms with van der Waals surface area (Å²) in [7, 11) is 0. The van der Waals surface area contributed by atoms with Crippen LogP contribution >= 0.6 is 0 Å². The van der Waals surface area contributed by atoms with Crippen LogP contribution in [0.15, 0.2) is 42.7 Å². The Bertz CT molecular complexity index is 738. The summed E-state index contributed by atoms with van der Waals surface area (Å²) in [5.41, 5.74) is 1.43. The molecule has 1 aromatic carbocycles. The van der Waals surface area contributed by atoms with Crippen molar-refractivity contribution in [1.29, 1.82) is 0 Å². The lowest BCUT2D eigenvalue weighted by molar-refractivity contribution is -0.124. The molecule has 0 aliphatic carbocycles. The zero-order valence-corrected chi connectivity index (χ0v) is 13.8. The minimum atomic E-state index is -0.0227. The van der Waals surface area contributed by atoms with Crippen LogP contribution in [0.5, 0.6) is 0 Å². The molecular formula is C18H20N4O3. The molecule has 1 amide bonds. The second-order valence-corrected chi connectivity index (χ2v) is 6.12. The average Bonchev–Trinajstić information content (AvgIpc) is 2.68. The van der Waals surface area contributed by atoms with Gasteiger partial charge in [-0.25, -0.2) is 9.97 Å². The molecule has 4 rings (SSSR count). The zero-order chi connectivity index (χ0) is 17.1. The maximum absolute atomic E-state index is 13.0. The third kappa shape index (κ3) is 3.47. The van der Waals surface area contributed by atoms with Gasteiger partial charge in [-0.1, -0.05) is 6.07 Å². The number of benzene rings is 1. The van der Waals surface area contributed by atoms with Crippen LogP contribution in [0.3, 0.4) is 0 Å². The topological polar surface area (TPSA) is 76.6 Å². The highest BCUT2D eigenvalue weighted by Crippen LogP contribution is 2.24. The fraction of sp³-hybridized carbons (Fsp3) is 0.389. The van der Waals surface area contributed by atoms with Crippen molar-refractivity contribution in [2.24, 2.45) is 0 Å². The smallest absolute Gasteiger partial charge is 0.254 e. The summed E-state index contributed by atoms with van der Waals surface area (Å²) >= 11 is 0.